The summed E-state index contributed by atoms with van der Waals surface area (Å²) in [6.45, 7) is 1.15. The van der Waals surface area contributed by atoms with Gasteiger partial charge in [-0.05, 0) is 6.92 Å². The molecule has 0 bridgehead atoms. The van der Waals surface area contributed by atoms with Crippen LogP contribution in [0, 0.1) is 0 Å². The van der Waals surface area contributed by atoms with E-state index in [4.69, 9.17) is 9.47 Å². The first-order valence-electron chi connectivity index (χ1n) is 6.14. The second-order valence-corrected chi connectivity index (χ2v) is 9.09. The lowest BCUT2D eigenvalue weighted by molar-refractivity contribution is -0.251. The molecule has 0 saturated carbocycles. The molecule has 0 aliphatic carbocycles. The average molecular weight is 397 g/mol. The second-order valence-electron chi connectivity index (χ2n) is 4.48. The van der Waals surface area contributed by atoms with Crippen molar-refractivity contribution in [3.8, 4) is 0 Å². The van der Waals surface area contributed by atoms with E-state index in [2.05, 4.69) is 17.7 Å². The summed E-state index contributed by atoms with van der Waals surface area (Å²) >= 11 is 0. The normalized spacial score (nSPS) is 32.9. The van der Waals surface area contributed by atoms with Gasteiger partial charge in [-0.25, -0.2) is 8.62 Å². The van der Waals surface area contributed by atoms with Gasteiger partial charge in [-0.1, -0.05) is 0 Å². The Hall–Kier alpha value is 0.330. The Kier molecular flexibility index (Phi) is 7.56. The maximum atomic E-state index is 11.5. The molecule has 1 aliphatic heterocycles. The minimum absolute atomic E-state index is 0.206. The van der Waals surface area contributed by atoms with Gasteiger partial charge in [0.05, 0.1) is 18.8 Å². The first kappa shape index (κ1) is 21.4. The third-order valence-electron chi connectivity index (χ3n) is 2.71. The summed E-state index contributed by atoms with van der Waals surface area (Å²) in [6.07, 6.45) is -0.930. The van der Waals surface area contributed by atoms with Crippen molar-refractivity contribution in [2.24, 2.45) is 0 Å². The number of phosphoric ester groups is 2. The molecule has 0 aromatic rings. The van der Waals surface area contributed by atoms with Crippen LogP contribution in [-0.2, 0) is 40.8 Å². The highest BCUT2D eigenvalue weighted by Gasteiger charge is 2.35. The molecular weight excluding hydrogens is 381 g/mol. The maximum Gasteiger partial charge on any atom is 0.280 e. The van der Waals surface area contributed by atoms with E-state index < -0.39 is 42.3 Å². The lowest BCUT2D eigenvalue weighted by atomic mass is 10.1. The van der Waals surface area contributed by atoms with Crippen molar-refractivity contribution in [1.82, 2.24) is 0 Å². The van der Waals surface area contributed by atoms with Crippen molar-refractivity contribution in [2.75, 3.05) is 20.8 Å². The molecule has 0 amide bonds. The van der Waals surface area contributed by atoms with Crippen LogP contribution in [0.4, 0.5) is 0 Å². The van der Waals surface area contributed by atoms with Gasteiger partial charge in [0.15, 0.2) is 0 Å². The zero-order valence-electron chi connectivity index (χ0n) is 12.4. The monoisotopic (exact) mass is 397 g/mol. The molecule has 1 aliphatic rings. The summed E-state index contributed by atoms with van der Waals surface area (Å²) in [5.41, 5.74) is 0. The third kappa shape index (κ3) is 7.39. The predicted octanol–water partition coefficient (Wildman–Crippen LogP) is -0.720. The molecule has 138 valence electrons. The van der Waals surface area contributed by atoms with E-state index in [1.807, 2.05) is 0 Å². The Morgan fingerprint density at radius 1 is 1.04 bits per heavy atom. The van der Waals surface area contributed by atoms with Crippen LogP contribution in [-0.4, -0.2) is 39.1 Å². The topological polar surface area (TPSA) is 176 Å². The van der Waals surface area contributed by atoms with Crippen molar-refractivity contribution >= 4 is 23.5 Å². The molecular formula is C8H16O12P3-3. The summed E-state index contributed by atoms with van der Waals surface area (Å²) in [5.74, 6) is 0. The molecule has 12 nitrogen and oxygen atoms in total. The Morgan fingerprint density at radius 2 is 1.61 bits per heavy atom. The van der Waals surface area contributed by atoms with Crippen LogP contribution < -0.4 is 14.7 Å². The van der Waals surface area contributed by atoms with E-state index in [9.17, 15) is 28.4 Å². The van der Waals surface area contributed by atoms with Gasteiger partial charge in [0.2, 0.25) is 0 Å². The van der Waals surface area contributed by atoms with Crippen LogP contribution in [0.3, 0.4) is 0 Å². The van der Waals surface area contributed by atoms with Crippen LogP contribution in [0.25, 0.3) is 0 Å². The van der Waals surface area contributed by atoms with Crippen molar-refractivity contribution in [2.45, 2.75) is 31.7 Å². The van der Waals surface area contributed by atoms with Crippen LogP contribution >= 0.6 is 23.5 Å². The fourth-order valence-electron chi connectivity index (χ4n) is 1.80. The zero-order chi connectivity index (χ0) is 17.9. The first-order valence-corrected chi connectivity index (χ1v) is 10.5. The van der Waals surface area contributed by atoms with E-state index in [1.165, 1.54) is 7.11 Å². The minimum Gasteiger partial charge on any atom is -0.756 e. The molecule has 0 radical (unpaired) electrons. The summed E-state index contributed by atoms with van der Waals surface area (Å²) in [7, 11) is -14.4. The zero-order valence-corrected chi connectivity index (χ0v) is 15.1. The summed E-state index contributed by atoms with van der Waals surface area (Å²) in [5, 5.41) is 0. The predicted molar refractivity (Wildman–Crippen MR) is 67.7 cm³/mol. The second kappa shape index (κ2) is 8.14. The molecule has 1 rings (SSSR count). The standard InChI is InChI=1S/C8H19O12P3/c1-6-4-7(15-2)8(18-6)5-17-22(11,12)20-23(13,14)19-21(9,10)16-3/h6-8H,4-5H2,1-3H3,(H,9,10)(H,11,12)(H,13,14)/p-3/t6-,7?,8+/m0/s1. The molecule has 0 aromatic heterocycles. The van der Waals surface area contributed by atoms with Gasteiger partial charge in [-0.2, -0.15) is 0 Å². The van der Waals surface area contributed by atoms with Crippen molar-refractivity contribution in [3.05, 3.63) is 0 Å². The van der Waals surface area contributed by atoms with Crippen LogP contribution in [0.15, 0.2) is 0 Å². The molecule has 6 atom stereocenters. The average Bonchev–Trinajstić information content (AvgIpc) is 2.74. The molecule has 23 heavy (non-hydrogen) atoms. The molecule has 0 aromatic carbocycles. The number of ether oxygens (including phenoxy) is 2. The van der Waals surface area contributed by atoms with E-state index in [1.54, 1.807) is 6.92 Å². The number of phosphoric acid groups is 3. The molecule has 1 fully saturated rings. The van der Waals surface area contributed by atoms with E-state index >= 15 is 0 Å². The lowest BCUT2D eigenvalue weighted by Crippen LogP contribution is -2.29. The highest BCUT2D eigenvalue weighted by atomic mass is 31.3. The Bertz CT molecular complexity index is 536. The third-order valence-corrected chi connectivity index (χ3v) is 6.82. The van der Waals surface area contributed by atoms with Gasteiger partial charge in [0.25, 0.3) is 23.5 Å². The van der Waals surface area contributed by atoms with Gasteiger partial charge in [0, 0.05) is 20.6 Å². The molecule has 4 unspecified atom stereocenters. The summed E-state index contributed by atoms with van der Waals surface area (Å²) < 4.78 is 59.1. The Balaban J connectivity index is 2.60. The van der Waals surface area contributed by atoms with Crippen LogP contribution in [0.5, 0.6) is 0 Å². The molecule has 0 spiro atoms. The van der Waals surface area contributed by atoms with Crippen LogP contribution in [0.1, 0.15) is 13.3 Å². The first-order chi connectivity index (χ1) is 10.4. The van der Waals surface area contributed by atoms with Crippen LogP contribution in [0.2, 0.25) is 0 Å². The van der Waals surface area contributed by atoms with Gasteiger partial charge in [-0.15, -0.1) is 0 Å². The number of hydrogen-bond acceptors (Lipinski definition) is 12. The molecule has 1 heterocycles. The fraction of sp³-hybridized carbons (Fsp3) is 1.00. The van der Waals surface area contributed by atoms with Crippen molar-refractivity contribution < 1.29 is 55.5 Å². The summed E-state index contributed by atoms with van der Waals surface area (Å²) in [6, 6.07) is 0. The SMILES string of the molecule is COC1C[C@H](C)O[C@@H]1COP(=O)([O-])OP(=O)([O-])OP(=O)([O-])OC. The smallest absolute Gasteiger partial charge is 0.280 e. The lowest BCUT2D eigenvalue weighted by Gasteiger charge is -2.34. The minimum atomic E-state index is -5.77. The van der Waals surface area contributed by atoms with Crippen molar-refractivity contribution in [3.63, 3.8) is 0 Å². The molecule has 1 saturated heterocycles. The van der Waals surface area contributed by atoms with E-state index in [0.717, 1.165) is 0 Å². The number of methoxy groups -OCH3 is 1. The van der Waals surface area contributed by atoms with Crippen molar-refractivity contribution in [1.29, 1.82) is 0 Å². The Morgan fingerprint density at radius 3 is 2.13 bits per heavy atom. The Labute approximate surface area is 132 Å². The van der Waals surface area contributed by atoms with E-state index in [-0.39, 0.29) is 6.10 Å². The van der Waals surface area contributed by atoms with Gasteiger partial charge < -0.3 is 33.2 Å². The number of rotatable bonds is 9. The molecule has 0 N–H and O–H groups in total. The largest absolute Gasteiger partial charge is 0.756 e. The van der Waals surface area contributed by atoms with Gasteiger partial charge >= 0.3 is 0 Å². The van der Waals surface area contributed by atoms with E-state index in [0.29, 0.717) is 13.5 Å². The summed E-state index contributed by atoms with van der Waals surface area (Å²) in [4.78, 5) is 33.5. The molecule has 15 heteroatoms. The fourth-order valence-corrected chi connectivity index (χ4v) is 4.93. The van der Waals surface area contributed by atoms with Gasteiger partial charge in [0.1, 0.15) is 6.10 Å². The highest BCUT2D eigenvalue weighted by Crippen LogP contribution is 2.62. The highest BCUT2D eigenvalue weighted by molar-refractivity contribution is 7.65. The number of hydrogen-bond donors (Lipinski definition) is 0. The van der Waals surface area contributed by atoms with Gasteiger partial charge in [-0.3, -0.25) is 13.7 Å². The quantitative estimate of drug-likeness (QED) is 0.447. The maximum absolute atomic E-state index is 11.5.